The number of amides is 2. The molecule has 0 aromatic heterocycles. The number of aryl methyl sites for hydroxylation is 1. The van der Waals surface area contributed by atoms with Crippen molar-refractivity contribution < 1.29 is 24.2 Å². The first-order valence-corrected chi connectivity index (χ1v) is 8.96. The van der Waals surface area contributed by atoms with Crippen LogP contribution in [0.2, 0.25) is 0 Å². The lowest BCUT2D eigenvalue weighted by molar-refractivity contribution is -0.137. The number of carbonyl (C=O) groups is 3. The zero-order chi connectivity index (χ0) is 20.4. The van der Waals surface area contributed by atoms with Crippen LogP contribution in [0, 0.1) is 0 Å². The van der Waals surface area contributed by atoms with Gasteiger partial charge in [0.1, 0.15) is 12.3 Å². The summed E-state index contributed by atoms with van der Waals surface area (Å²) < 4.78 is 5.12. The van der Waals surface area contributed by atoms with Gasteiger partial charge in [0, 0.05) is 12.1 Å². The van der Waals surface area contributed by atoms with Crippen molar-refractivity contribution >= 4 is 23.5 Å². The molecule has 3 N–H and O–H groups in total. The molecule has 148 valence electrons. The van der Waals surface area contributed by atoms with Crippen LogP contribution in [0.1, 0.15) is 24.0 Å². The van der Waals surface area contributed by atoms with E-state index >= 15 is 0 Å². The summed E-state index contributed by atoms with van der Waals surface area (Å²) in [5, 5.41) is 13.7. The van der Waals surface area contributed by atoms with Crippen LogP contribution in [0.15, 0.2) is 48.5 Å². The van der Waals surface area contributed by atoms with Crippen molar-refractivity contribution in [1.82, 2.24) is 5.32 Å². The number of benzene rings is 2. The van der Waals surface area contributed by atoms with Crippen molar-refractivity contribution in [3.63, 3.8) is 0 Å². The zero-order valence-electron chi connectivity index (χ0n) is 15.7. The van der Waals surface area contributed by atoms with E-state index in [1.807, 2.05) is 24.3 Å². The number of anilines is 1. The van der Waals surface area contributed by atoms with Gasteiger partial charge < -0.3 is 20.5 Å². The van der Waals surface area contributed by atoms with E-state index < -0.39 is 12.5 Å². The Balaban J connectivity index is 1.72. The quantitative estimate of drug-likeness (QED) is 0.583. The van der Waals surface area contributed by atoms with E-state index in [1.54, 1.807) is 31.4 Å². The van der Waals surface area contributed by atoms with Gasteiger partial charge in [-0.1, -0.05) is 24.3 Å². The summed E-state index contributed by atoms with van der Waals surface area (Å²) in [6.07, 6.45) is 2.04. The topological polar surface area (TPSA) is 105 Å². The summed E-state index contributed by atoms with van der Waals surface area (Å²) in [7, 11) is 1.63. The third-order valence-electron chi connectivity index (χ3n) is 4.07. The number of methoxy groups -OCH3 is 1. The van der Waals surface area contributed by atoms with E-state index in [0.29, 0.717) is 12.1 Å². The molecule has 0 aliphatic carbocycles. The van der Waals surface area contributed by atoms with Crippen LogP contribution in [-0.2, 0) is 27.2 Å². The van der Waals surface area contributed by atoms with Gasteiger partial charge in [-0.3, -0.25) is 14.4 Å². The van der Waals surface area contributed by atoms with Crippen LogP contribution in [0.4, 0.5) is 5.69 Å². The van der Waals surface area contributed by atoms with Gasteiger partial charge in [-0.25, -0.2) is 0 Å². The summed E-state index contributed by atoms with van der Waals surface area (Å²) in [5.41, 5.74) is 2.55. The summed E-state index contributed by atoms with van der Waals surface area (Å²) >= 11 is 0. The number of rotatable bonds is 10. The third-order valence-corrected chi connectivity index (χ3v) is 4.07. The van der Waals surface area contributed by atoms with E-state index in [0.717, 1.165) is 29.7 Å². The largest absolute Gasteiger partial charge is 0.497 e. The molecular formula is C21H24N2O5. The van der Waals surface area contributed by atoms with Crippen LogP contribution >= 0.6 is 0 Å². The molecule has 0 saturated carbocycles. The Morgan fingerprint density at radius 2 is 1.57 bits per heavy atom. The average molecular weight is 384 g/mol. The van der Waals surface area contributed by atoms with Crippen molar-refractivity contribution in [3.8, 4) is 5.75 Å². The first-order chi connectivity index (χ1) is 13.5. The predicted octanol–water partition coefficient (Wildman–Crippen LogP) is 2.40. The molecule has 7 nitrogen and oxygen atoms in total. The maximum Gasteiger partial charge on any atom is 0.322 e. The Labute approximate surface area is 163 Å². The predicted molar refractivity (Wildman–Crippen MR) is 105 cm³/mol. The molecule has 0 atom stereocenters. The fourth-order valence-electron chi connectivity index (χ4n) is 2.60. The SMILES string of the molecule is COc1ccc(CCCC(=O)Nc2ccc(CC(=O)NCC(=O)O)cc2)cc1. The molecule has 2 aromatic rings. The Morgan fingerprint density at radius 3 is 2.18 bits per heavy atom. The molecule has 2 aromatic carbocycles. The summed E-state index contributed by atoms with van der Waals surface area (Å²) in [6.45, 7) is -0.399. The summed E-state index contributed by atoms with van der Waals surface area (Å²) in [4.78, 5) is 34.1. The van der Waals surface area contributed by atoms with Gasteiger partial charge >= 0.3 is 5.97 Å². The van der Waals surface area contributed by atoms with E-state index in [9.17, 15) is 14.4 Å². The molecule has 0 spiro atoms. The highest BCUT2D eigenvalue weighted by molar-refractivity contribution is 5.90. The Hall–Kier alpha value is -3.35. The van der Waals surface area contributed by atoms with Crippen molar-refractivity contribution in [2.75, 3.05) is 19.0 Å². The van der Waals surface area contributed by atoms with Crippen LogP contribution in [0.3, 0.4) is 0 Å². The number of carboxylic acid groups (broad SMARTS) is 1. The van der Waals surface area contributed by atoms with E-state index in [1.165, 1.54) is 0 Å². The maximum atomic E-state index is 12.1. The zero-order valence-corrected chi connectivity index (χ0v) is 15.7. The second-order valence-corrected chi connectivity index (χ2v) is 6.29. The highest BCUT2D eigenvalue weighted by Crippen LogP contribution is 2.14. The molecule has 2 amide bonds. The highest BCUT2D eigenvalue weighted by atomic mass is 16.5. The van der Waals surface area contributed by atoms with Crippen molar-refractivity contribution in [3.05, 3.63) is 59.7 Å². The fraction of sp³-hybridized carbons (Fsp3) is 0.286. The molecule has 28 heavy (non-hydrogen) atoms. The molecule has 0 bridgehead atoms. The molecule has 0 aliphatic rings. The van der Waals surface area contributed by atoms with Gasteiger partial charge in [-0.2, -0.15) is 0 Å². The lowest BCUT2D eigenvalue weighted by Crippen LogP contribution is -2.30. The highest BCUT2D eigenvalue weighted by Gasteiger charge is 2.07. The Bertz CT molecular complexity index is 801. The van der Waals surface area contributed by atoms with Crippen LogP contribution in [0.5, 0.6) is 5.75 Å². The molecule has 0 unspecified atom stereocenters. The molecule has 7 heteroatoms. The number of carbonyl (C=O) groups excluding carboxylic acids is 2. The van der Waals surface area contributed by atoms with Gasteiger partial charge in [0.2, 0.25) is 11.8 Å². The summed E-state index contributed by atoms with van der Waals surface area (Å²) in [5.74, 6) is -0.708. The Kier molecular flexibility index (Phi) is 8.02. The van der Waals surface area contributed by atoms with Gasteiger partial charge in [0.15, 0.2) is 0 Å². The fourth-order valence-corrected chi connectivity index (χ4v) is 2.60. The molecule has 0 fully saturated rings. The average Bonchev–Trinajstić information content (AvgIpc) is 2.68. The number of nitrogens with one attached hydrogen (secondary N) is 2. The second kappa shape index (κ2) is 10.7. The van der Waals surface area contributed by atoms with Crippen LogP contribution in [-0.4, -0.2) is 36.5 Å². The number of carboxylic acids is 1. The number of hydrogen-bond acceptors (Lipinski definition) is 4. The van der Waals surface area contributed by atoms with Crippen LogP contribution in [0.25, 0.3) is 0 Å². The van der Waals surface area contributed by atoms with E-state index in [2.05, 4.69) is 10.6 Å². The first kappa shape index (κ1) is 21.0. The second-order valence-electron chi connectivity index (χ2n) is 6.29. The minimum atomic E-state index is -1.08. The molecule has 0 aliphatic heterocycles. The number of hydrogen-bond donors (Lipinski definition) is 3. The van der Waals surface area contributed by atoms with E-state index in [4.69, 9.17) is 9.84 Å². The van der Waals surface area contributed by atoms with Crippen LogP contribution < -0.4 is 15.4 Å². The van der Waals surface area contributed by atoms with Crippen molar-refractivity contribution in [2.45, 2.75) is 25.7 Å². The number of aliphatic carboxylic acids is 1. The lowest BCUT2D eigenvalue weighted by Gasteiger charge is -2.07. The van der Waals surface area contributed by atoms with Gasteiger partial charge in [-0.15, -0.1) is 0 Å². The van der Waals surface area contributed by atoms with Gasteiger partial charge in [0.25, 0.3) is 0 Å². The monoisotopic (exact) mass is 384 g/mol. The number of ether oxygens (including phenoxy) is 1. The normalized spacial score (nSPS) is 10.2. The minimum Gasteiger partial charge on any atom is -0.497 e. The molecule has 0 radical (unpaired) electrons. The third kappa shape index (κ3) is 7.49. The summed E-state index contributed by atoms with van der Waals surface area (Å²) in [6, 6.07) is 14.7. The smallest absolute Gasteiger partial charge is 0.322 e. The first-order valence-electron chi connectivity index (χ1n) is 8.96. The molecule has 0 heterocycles. The molecular weight excluding hydrogens is 360 g/mol. The maximum absolute atomic E-state index is 12.1. The lowest BCUT2D eigenvalue weighted by atomic mass is 10.1. The standard InChI is InChI=1S/C21H24N2O5/c1-28-18-11-7-15(8-12-18)3-2-4-19(24)23-17-9-5-16(6-10-17)13-20(25)22-14-21(26)27/h5-12H,2-4,13-14H2,1H3,(H,22,25)(H,23,24)(H,26,27). The van der Waals surface area contributed by atoms with Crippen molar-refractivity contribution in [2.24, 2.45) is 0 Å². The minimum absolute atomic E-state index is 0.0690. The van der Waals surface area contributed by atoms with Crippen molar-refractivity contribution in [1.29, 1.82) is 0 Å². The van der Waals surface area contributed by atoms with Gasteiger partial charge in [-0.05, 0) is 48.2 Å². The Morgan fingerprint density at radius 1 is 0.929 bits per heavy atom. The molecule has 0 saturated heterocycles. The molecule has 2 rings (SSSR count). The van der Waals surface area contributed by atoms with Gasteiger partial charge in [0.05, 0.1) is 13.5 Å². The van der Waals surface area contributed by atoms with E-state index in [-0.39, 0.29) is 18.2 Å².